The fourth-order valence-corrected chi connectivity index (χ4v) is 2.51. The Morgan fingerprint density at radius 1 is 0.964 bits per heavy atom. The molecule has 7 heteroatoms. The number of hydrogen-bond donors (Lipinski definition) is 2. The second-order valence-electron chi connectivity index (χ2n) is 7.13. The number of rotatable bonds is 4. The van der Waals surface area contributed by atoms with Crippen LogP contribution < -0.4 is 10.6 Å². The van der Waals surface area contributed by atoms with Gasteiger partial charge in [-0.15, -0.1) is 0 Å². The van der Waals surface area contributed by atoms with Crippen LogP contribution in [0.1, 0.15) is 31.1 Å². The molecule has 2 aromatic carbocycles. The summed E-state index contributed by atoms with van der Waals surface area (Å²) in [7, 11) is 0. The van der Waals surface area contributed by atoms with Gasteiger partial charge in [-0.05, 0) is 63.2 Å². The Morgan fingerprint density at radius 2 is 1.68 bits per heavy atom. The number of benzene rings is 2. The van der Waals surface area contributed by atoms with Crippen LogP contribution in [0.15, 0.2) is 67.0 Å². The monoisotopic (exact) mass is 378 g/mol. The van der Waals surface area contributed by atoms with Gasteiger partial charge in [-0.1, -0.05) is 12.1 Å². The van der Waals surface area contributed by atoms with E-state index in [1.807, 2.05) is 36.5 Å². The van der Waals surface area contributed by atoms with Crippen molar-refractivity contribution in [2.24, 2.45) is 0 Å². The minimum Gasteiger partial charge on any atom is -0.444 e. The van der Waals surface area contributed by atoms with E-state index in [2.05, 4.69) is 15.7 Å². The fourth-order valence-electron chi connectivity index (χ4n) is 2.51. The van der Waals surface area contributed by atoms with Crippen molar-refractivity contribution in [2.45, 2.75) is 26.4 Å². The topological polar surface area (TPSA) is 85.2 Å². The van der Waals surface area contributed by atoms with E-state index in [9.17, 15) is 9.59 Å². The largest absolute Gasteiger partial charge is 0.444 e. The third-order valence-corrected chi connectivity index (χ3v) is 3.70. The molecule has 1 aromatic heterocycles. The number of para-hydroxylation sites is 2. The minimum atomic E-state index is -0.578. The predicted octanol–water partition coefficient (Wildman–Crippen LogP) is 4.47. The molecule has 0 radical (unpaired) electrons. The summed E-state index contributed by atoms with van der Waals surface area (Å²) in [5.74, 6) is -0.261. The van der Waals surface area contributed by atoms with Crippen molar-refractivity contribution in [3.63, 3.8) is 0 Å². The molecule has 0 fully saturated rings. The van der Waals surface area contributed by atoms with Gasteiger partial charge in [0.25, 0.3) is 5.91 Å². The summed E-state index contributed by atoms with van der Waals surface area (Å²) in [5, 5.41) is 9.74. The Balaban J connectivity index is 1.69. The Bertz CT molecular complexity index is 958. The van der Waals surface area contributed by atoms with Crippen LogP contribution in [0.25, 0.3) is 5.69 Å². The first-order chi connectivity index (χ1) is 13.3. The molecule has 0 atom stereocenters. The first-order valence-electron chi connectivity index (χ1n) is 8.82. The summed E-state index contributed by atoms with van der Waals surface area (Å²) in [6.07, 6.45) is 2.94. The predicted molar refractivity (Wildman–Crippen MR) is 108 cm³/mol. The summed E-state index contributed by atoms with van der Waals surface area (Å²) in [4.78, 5) is 24.4. The number of nitrogens with one attached hydrogen (secondary N) is 2. The highest BCUT2D eigenvalue weighted by molar-refractivity contribution is 6.05. The van der Waals surface area contributed by atoms with Gasteiger partial charge in [0.2, 0.25) is 0 Å². The maximum Gasteiger partial charge on any atom is 0.412 e. The molecule has 0 saturated carbocycles. The van der Waals surface area contributed by atoms with Gasteiger partial charge < -0.3 is 10.1 Å². The van der Waals surface area contributed by atoms with Gasteiger partial charge in [0, 0.05) is 23.6 Å². The Morgan fingerprint density at radius 3 is 2.32 bits per heavy atom. The van der Waals surface area contributed by atoms with Crippen LogP contribution in [0.2, 0.25) is 0 Å². The third kappa shape index (κ3) is 4.97. The zero-order valence-corrected chi connectivity index (χ0v) is 16.0. The number of carbonyl (C=O) groups excluding carboxylic acids is 2. The van der Waals surface area contributed by atoms with Gasteiger partial charge in [-0.25, -0.2) is 9.48 Å². The number of amides is 2. The normalized spacial score (nSPS) is 11.0. The lowest BCUT2D eigenvalue weighted by Crippen LogP contribution is -2.27. The zero-order valence-electron chi connectivity index (χ0n) is 16.0. The number of hydrogen-bond acceptors (Lipinski definition) is 4. The third-order valence-electron chi connectivity index (χ3n) is 3.70. The highest BCUT2D eigenvalue weighted by atomic mass is 16.6. The number of anilines is 2. The Hall–Kier alpha value is -3.61. The van der Waals surface area contributed by atoms with E-state index >= 15 is 0 Å². The molecule has 2 N–H and O–H groups in total. The first kappa shape index (κ1) is 19.2. The van der Waals surface area contributed by atoms with E-state index in [1.54, 1.807) is 55.9 Å². The molecule has 7 nitrogen and oxygen atoms in total. The summed E-state index contributed by atoms with van der Waals surface area (Å²) < 4.78 is 6.89. The molecular formula is C21H22N4O3. The first-order valence-corrected chi connectivity index (χ1v) is 8.82. The van der Waals surface area contributed by atoms with E-state index in [1.165, 1.54) is 0 Å². The van der Waals surface area contributed by atoms with Crippen LogP contribution in [0.4, 0.5) is 16.2 Å². The zero-order chi connectivity index (χ0) is 20.1. The number of nitrogens with zero attached hydrogens (tertiary/aromatic N) is 2. The van der Waals surface area contributed by atoms with Crippen molar-refractivity contribution in [3.8, 4) is 5.69 Å². The van der Waals surface area contributed by atoms with Crippen molar-refractivity contribution in [3.05, 3.63) is 72.6 Å². The highest BCUT2D eigenvalue weighted by Gasteiger charge is 2.16. The average Bonchev–Trinajstić information content (AvgIpc) is 3.15. The van der Waals surface area contributed by atoms with Crippen LogP contribution in [-0.4, -0.2) is 27.4 Å². The van der Waals surface area contributed by atoms with Crippen molar-refractivity contribution in [1.82, 2.24) is 9.78 Å². The smallest absolute Gasteiger partial charge is 0.412 e. The molecule has 0 aliphatic carbocycles. The number of carbonyl (C=O) groups is 2. The quantitative estimate of drug-likeness (QED) is 0.701. The van der Waals surface area contributed by atoms with Crippen molar-refractivity contribution in [1.29, 1.82) is 0 Å². The molecule has 28 heavy (non-hydrogen) atoms. The lowest BCUT2D eigenvalue weighted by Gasteiger charge is -2.19. The summed E-state index contributed by atoms with van der Waals surface area (Å²) in [6, 6.07) is 15.8. The summed E-state index contributed by atoms with van der Waals surface area (Å²) in [6.45, 7) is 5.38. The van der Waals surface area contributed by atoms with E-state index in [4.69, 9.17) is 4.74 Å². The Labute approximate surface area is 163 Å². The molecule has 3 rings (SSSR count). The SMILES string of the molecule is CC(C)(C)OC(=O)Nc1ccc(C(=O)Nc2ccccc2-n2cccn2)cc1. The second-order valence-corrected chi connectivity index (χ2v) is 7.13. The second kappa shape index (κ2) is 7.96. The minimum absolute atomic E-state index is 0.261. The molecule has 0 aliphatic heterocycles. The van der Waals surface area contributed by atoms with E-state index in [0.29, 0.717) is 16.9 Å². The van der Waals surface area contributed by atoms with Gasteiger partial charge in [-0.3, -0.25) is 10.1 Å². The molecule has 2 amide bonds. The highest BCUT2D eigenvalue weighted by Crippen LogP contribution is 2.20. The summed E-state index contributed by atoms with van der Waals surface area (Å²) >= 11 is 0. The maximum atomic E-state index is 12.6. The van der Waals surface area contributed by atoms with E-state index in [-0.39, 0.29) is 5.91 Å². The number of ether oxygens (including phenoxy) is 1. The standard InChI is InChI=1S/C21H22N4O3/c1-21(2,3)28-20(27)23-16-11-9-15(10-12-16)19(26)24-17-7-4-5-8-18(17)25-14-6-13-22-25/h4-14H,1-3H3,(H,23,27)(H,24,26). The van der Waals surface area contributed by atoms with Crippen molar-refractivity contribution >= 4 is 23.4 Å². The van der Waals surface area contributed by atoms with Gasteiger partial charge in [0.1, 0.15) is 5.60 Å². The summed E-state index contributed by atoms with van der Waals surface area (Å²) in [5.41, 5.74) is 1.84. The van der Waals surface area contributed by atoms with Crippen LogP contribution in [-0.2, 0) is 4.74 Å². The van der Waals surface area contributed by atoms with Gasteiger partial charge >= 0.3 is 6.09 Å². The van der Waals surface area contributed by atoms with E-state index in [0.717, 1.165) is 5.69 Å². The molecule has 0 aliphatic rings. The molecule has 0 saturated heterocycles. The molecule has 144 valence electrons. The van der Waals surface area contributed by atoms with Crippen LogP contribution >= 0.6 is 0 Å². The fraction of sp³-hybridized carbons (Fsp3) is 0.190. The molecular weight excluding hydrogens is 356 g/mol. The molecule has 0 bridgehead atoms. The lowest BCUT2D eigenvalue weighted by molar-refractivity contribution is 0.0636. The van der Waals surface area contributed by atoms with Gasteiger partial charge in [-0.2, -0.15) is 5.10 Å². The molecule has 0 unspecified atom stereocenters. The molecule has 3 aromatic rings. The van der Waals surface area contributed by atoms with Crippen LogP contribution in [0, 0.1) is 0 Å². The van der Waals surface area contributed by atoms with E-state index < -0.39 is 11.7 Å². The molecule has 0 spiro atoms. The Kier molecular flexibility index (Phi) is 5.44. The van der Waals surface area contributed by atoms with Crippen LogP contribution in [0.3, 0.4) is 0 Å². The maximum absolute atomic E-state index is 12.6. The van der Waals surface area contributed by atoms with Gasteiger partial charge in [0.15, 0.2) is 0 Å². The lowest BCUT2D eigenvalue weighted by atomic mass is 10.2. The van der Waals surface area contributed by atoms with Gasteiger partial charge in [0.05, 0.1) is 11.4 Å². The number of aromatic nitrogens is 2. The van der Waals surface area contributed by atoms with Crippen molar-refractivity contribution in [2.75, 3.05) is 10.6 Å². The molecule has 1 heterocycles. The average molecular weight is 378 g/mol. The van der Waals surface area contributed by atoms with Crippen LogP contribution in [0.5, 0.6) is 0 Å². The van der Waals surface area contributed by atoms with Crippen molar-refractivity contribution < 1.29 is 14.3 Å².